The quantitative estimate of drug-likeness (QED) is 0.390. The Morgan fingerprint density at radius 2 is 2.12 bits per heavy atom. The van der Waals surface area contributed by atoms with E-state index < -0.39 is 0 Å². The fourth-order valence-electron chi connectivity index (χ4n) is 3.01. The zero-order valence-electron chi connectivity index (χ0n) is 14.8. The number of quaternary nitrogens is 1. The zero-order chi connectivity index (χ0) is 18.4. The molecule has 26 heavy (non-hydrogen) atoms. The van der Waals surface area contributed by atoms with Gasteiger partial charge in [-0.25, -0.2) is 4.79 Å². The van der Waals surface area contributed by atoms with E-state index in [-0.39, 0.29) is 5.97 Å². The molecule has 0 bridgehead atoms. The van der Waals surface area contributed by atoms with Crippen LogP contribution >= 0.6 is 23.6 Å². The van der Waals surface area contributed by atoms with Gasteiger partial charge in [-0.2, -0.15) is 0 Å². The van der Waals surface area contributed by atoms with Crippen molar-refractivity contribution in [2.45, 2.75) is 6.42 Å². The van der Waals surface area contributed by atoms with Gasteiger partial charge >= 0.3 is 5.97 Å². The Morgan fingerprint density at radius 3 is 2.88 bits per heavy atom. The SMILES string of the molecule is COC(=O)c1sc2ccccc2c1NC(=S)NCCC[NH+]1CCOCC1. The highest BCUT2D eigenvalue weighted by atomic mass is 32.1. The Kier molecular flexibility index (Phi) is 6.79. The van der Waals surface area contributed by atoms with E-state index >= 15 is 0 Å². The van der Waals surface area contributed by atoms with E-state index in [4.69, 9.17) is 21.7 Å². The van der Waals surface area contributed by atoms with Gasteiger partial charge in [-0.15, -0.1) is 11.3 Å². The minimum Gasteiger partial charge on any atom is -0.465 e. The number of thiocarbonyl (C=S) groups is 1. The van der Waals surface area contributed by atoms with Gasteiger partial charge in [0.2, 0.25) is 0 Å². The van der Waals surface area contributed by atoms with Gasteiger partial charge in [0, 0.05) is 23.1 Å². The molecule has 1 aromatic heterocycles. The lowest BCUT2D eigenvalue weighted by Gasteiger charge is -2.23. The monoisotopic (exact) mass is 394 g/mol. The summed E-state index contributed by atoms with van der Waals surface area (Å²) < 4.78 is 11.3. The summed E-state index contributed by atoms with van der Waals surface area (Å²) in [6.07, 6.45) is 1.03. The number of anilines is 1. The number of fused-ring (bicyclic) bond motifs is 1. The third-order valence-electron chi connectivity index (χ3n) is 4.40. The standard InChI is InChI=1S/C18H23N3O3S2/c1-23-17(22)16-15(13-5-2-3-6-14(13)26-16)20-18(25)19-7-4-8-21-9-11-24-12-10-21/h2-3,5-6H,4,7-12H2,1H3,(H2,19,20,25)/p+1. The van der Waals surface area contributed by atoms with Gasteiger partial charge in [0.05, 0.1) is 32.6 Å². The first-order valence-electron chi connectivity index (χ1n) is 8.75. The summed E-state index contributed by atoms with van der Waals surface area (Å²) in [7, 11) is 1.39. The molecule has 3 N–H and O–H groups in total. The van der Waals surface area contributed by atoms with Crippen LogP contribution in [0, 0.1) is 0 Å². The summed E-state index contributed by atoms with van der Waals surface area (Å²) >= 11 is 6.83. The molecule has 1 aromatic carbocycles. The highest BCUT2D eigenvalue weighted by Crippen LogP contribution is 2.36. The van der Waals surface area contributed by atoms with E-state index in [0.29, 0.717) is 15.7 Å². The molecule has 0 radical (unpaired) electrons. The molecule has 0 unspecified atom stereocenters. The van der Waals surface area contributed by atoms with Gasteiger partial charge in [0.15, 0.2) is 5.11 Å². The second kappa shape index (κ2) is 9.27. The largest absolute Gasteiger partial charge is 0.465 e. The third-order valence-corrected chi connectivity index (χ3v) is 5.79. The number of esters is 1. The Morgan fingerprint density at radius 1 is 1.35 bits per heavy atom. The molecule has 8 heteroatoms. The molecular formula is C18H24N3O3S2+. The number of carbonyl (C=O) groups is 1. The van der Waals surface area contributed by atoms with Crippen LogP contribution in [0.3, 0.4) is 0 Å². The average molecular weight is 395 g/mol. The predicted molar refractivity (Wildman–Crippen MR) is 108 cm³/mol. The number of benzene rings is 1. The summed E-state index contributed by atoms with van der Waals surface area (Å²) in [5, 5.41) is 7.92. The van der Waals surface area contributed by atoms with Crippen LogP contribution in [-0.2, 0) is 9.47 Å². The van der Waals surface area contributed by atoms with Crippen LogP contribution in [0.25, 0.3) is 10.1 Å². The summed E-state index contributed by atoms with van der Waals surface area (Å²) in [5.41, 5.74) is 0.716. The molecule has 1 aliphatic heterocycles. The summed E-state index contributed by atoms with van der Waals surface area (Å²) in [4.78, 5) is 14.2. The van der Waals surface area contributed by atoms with Crippen molar-refractivity contribution in [3.8, 4) is 0 Å². The molecule has 0 atom stereocenters. The van der Waals surface area contributed by atoms with Gasteiger partial charge in [0.1, 0.15) is 18.0 Å². The first kappa shape index (κ1) is 19.0. The molecule has 0 aliphatic carbocycles. The number of carbonyl (C=O) groups excluding carboxylic acids is 1. The van der Waals surface area contributed by atoms with Crippen LogP contribution in [0.4, 0.5) is 5.69 Å². The maximum absolute atomic E-state index is 12.1. The third kappa shape index (κ3) is 4.70. The van der Waals surface area contributed by atoms with Gasteiger partial charge in [-0.3, -0.25) is 0 Å². The van der Waals surface area contributed by atoms with Crippen LogP contribution < -0.4 is 15.5 Å². The van der Waals surface area contributed by atoms with Crippen LogP contribution in [0.1, 0.15) is 16.1 Å². The van der Waals surface area contributed by atoms with Crippen LogP contribution in [-0.4, -0.2) is 57.6 Å². The lowest BCUT2D eigenvalue weighted by Crippen LogP contribution is -3.14. The molecule has 6 nitrogen and oxygen atoms in total. The Labute approximate surface area is 162 Å². The minimum absolute atomic E-state index is 0.354. The predicted octanol–water partition coefficient (Wildman–Crippen LogP) is 1.28. The average Bonchev–Trinajstić information content (AvgIpc) is 3.04. The maximum Gasteiger partial charge on any atom is 0.350 e. The molecule has 140 valence electrons. The molecule has 0 amide bonds. The number of hydrogen-bond donors (Lipinski definition) is 3. The lowest BCUT2D eigenvalue weighted by molar-refractivity contribution is -0.908. The van der Waals surface area contributed by atoms with E-state index in [1.165, 1.54) is 18.4 Å². The van der Waals surface area contributed by atoms with Crippen LogP contribution in [0.2, 0.25) is 0 Å². The van der Waals surface area contributed by atoms with Crippen LogP contribution in [0.5, 0.6) is 0 Å². The fraction of sp³-hybridized carbons (Fsp3) is 0.444. The van der Waals surface area contributed by atoms with Crippen molar-refractivity contribution < 1.29 is 19.2 Å². The van der Waals surface area contributed by atoms with E-state index in [1.807, 2.05) is 24.3 Å². The number of thiophene rings is 1. The van der Waals surface area contributed by atoms with E-state index in [9.17, 15) is 4.79 Å². The molecular weight excluding hydrogens is 370 g/mol. The van der Waals surface area contributed by atoms with Gasteiger partial charge < -0.3 is 25.0 Å². The smallest absolute Gasteiger partial charge is 0.350 e. The molecule has 2 aromatic rings. The summed E-state index contributed by atoms with van der Waals surface area (Å²) in [6, 6.07) is 7.86. The highest BCUT2D eigenvalue weighted by Gasteiger charge is 2.19. The number of ether oxygens (including phenoxy) is 2. The molecule has 1 fully saturated rings. The first-order chi connectivity index (χ1) is 12.7. The molecule has 1 saturated heterocycles. The van der Waals surface area contributed by atoms with Gasteiger partial charge in [-0.1, -0.05) is 18.2 Å². The summed E-state index contributed by atoms with van der Waals surface area (Å²) in [6.45, 7) is 5.76. The summed E-state index contributed by atoms with van der Waals surface area (Å²) in [5.74, 6) is -0.354. The highest BCUT2D eigenvalue weighted by molar-refractivity contribution is 7.80. The number of rotatable bonds is 6. The Bertz CT molecular complexity index is 772. The van der Waals surface area contributed by atoms with E-state index in [2.05, 4.69) is 10.6 Å². The molecule has 0 spiro atoms. The van der Waals surface area contributed by atoms with Gasteiger partial charge in [-0.05, 0) is 18.3 Å². The van der Waals surface area contributed by atoms with Crippen molar-refractivity contribution in [3.63, 3.8) is 0 Å². The minimum atomic E-state index is -0.354. The van der Waals surface area contributed by atoms with Crippen molar-refractivity contribution in [3.05, 3.63) is 29.1 Å². The van der Waals surface area contributed by atoms with E-state index in [1.54, 1.807) is 4.90 Å². The van der Waals surface area contributed by atoms with Crippen molar-refractivity contribution >= 4 is 50.4 Å². The molecule has 2 heterocycles. The number of morpholine rings is 1. The molecule has 1 aliphatic rings. The Balaban J connectivity index is 1.57. The number of nitrogens with one attached hydrogen (secondary N) is 3. The van der Waals surface area contributed by atoms with Crippen molar-refractivity contribution in [2.75, 3.05) is 51.8 Å². The first-order valence-corrected chi connectivity index (χ1v) is 9.97. The van der Waals surface area contributed by atoms with Gasteiger partial charge in [0.25, 0.3) is 0 Å². The number of hydrogen-bond acceptors (Lipinski definition) is 5. The zero-order valence-corrected chi connectivity index (χ0v) is 16.4. The van der Waals surface area contributed by atoms with Crippen molar-refractivity contribution in [1.82, 2.24) is 5.32 Å². The Hall–Kier alpha value is -1.74. The topological polar surface area (TPSA) is 64.0 Å². The normalized spacial score (nSPS) is 15.0. The maximum atomic E-state index is 12.1. The lowest BCUT2D eigenvalue weighted by atomic mass is 10.2. The van der Waals surface area contributed by atoms with Crippen molar-refractivity contribution in [2.24, 2.45) is 0 Å². The fourth-order valence-corrected chi connectivity index (χ4v) is 4.29. The van der Waals surface area contributed by atoms with Crippen LogP contribution in [0.15, 0.2) is 24.3 Å². The van der Waals surface area contributed by atoms with E-state index in [0.717, 1.165) is 55.9 Å². The second-order valence-electron chi connectivity index (χ2n) is 6.14. The molecule has 0 saturated carbocycles. The molecule has 3 rings (SSSR count). The number of methoxy groups -OCH3 is 1. The second-order valence-corrected chi connectivity index (χ2v) is 7.60. The van der Waals surface area contributed by atoms with Crippen molar-refractivity contribution in [1.29, 1.82) is 0 Å².